The first kappa shape index (κ1) is 25.1. The summed E-state index contributed by atoms with van der Waals surface area (Å²) in [5.74, 6) is 0.915. The van der Waals surface area contributed by atoms with Gasteiger partial charge in [0.1, 0.15) is 0 Å². The predicted octanol–water partition coefficient (Wildman–Crippen LogP) is 2.11. The van der Waals surface area contributed by atoms with Crippen LogP contribution in [0.2, 0.25) is 0 Å². The molecule has 1 fully saturated rings. The zero-order chi connectivity index (χ0) is 20.4. The van der Waals surface area contributed by atoms with Crippen LogP contribution in [0.5, 0.6) is 0 Å². The van der Waals surface area contributed by atoms with Gasteiger partial charge in [-0.2, -0.15) is 0 Å². The van der Waals surface area contributed by atoms with E-state index in [2.05, 4.69) is 20.9 Å². The Bertz CT molecular complexity index is 671. The van der Waals surface area contributed by atoms with Crippen molar-refractivity contribution in [2.75, 3.05) is 39.8 Å². The number of ether oxygens (including phenoxy) is 1. The molecule has 0 bridgehead atoms. The van der Waals surface area contributed by atoms with Crippen molar-refractivity contribution in [3.05, 3.63) is 23.7 Å². The summed E-state index contributed by atoms with van der Waals surface area (Å²) in [7, 11) is 1.40. The Morgan fingerprint density at radius 3 is 2.62 bits per heavy atom. The topological polar surface area (TPSA) is 108 Å². The van der Waals surface area contributed by atoms with Crippen molar-refractivity contribution >= 4 is 41.9 Å². The Kier molecular flexibility index (Phi) is 11.5. The Hall–Kier alpha value is -1.98. The number of hydrogen-bond donors (Lipinski definition) is 3. The fourth-order valence-electron chi connectivity index (χ4n) is 3.01. The highest BCUT2D eigenvalue weighted by atomic mass is 127. The van der Waals surface area contributed by atoms with E-state index in [0.29, 0.717) is 31.9 Å². The average molecular weight is 521 g/mol. The predicted molar refractivity (Wildman–Crippen MR) is 122 cm³/mol. The number of amides is 2. The van der Waals surface area contributed by atoms with Crippen LogP contribution >= 0.6 is 24.0 Å². The normalized spacial score (nSPS) is 14.7. The smallest absolute Gasteiger partial charge is 0.409 e. The molecular weight excluding hydrogens is 489 g/mol. The summed E-state index contributed by atoms with van der Waals surface area (Å²) in [4.78, 5) is 29.8. The van der Waals surface area contributed by atoms with Gasteiger partial charge in [-0.05, 0) is 39.2 Å². The van der Waals surface area contributed by atoms with E-state index in [9.17, 15) is 9.59 Å². The molecule has 29 heavy (non-hydrogen) atoms. The summed E-state index contributed by atoms with van der Waals surface area (Å²) >= 11 is 0. The molecule has 1 aliphatic rings. The van der Waals surface area contributed by atoms with Crippen molar-refractivity contribution in [1.29, 1.82) is 0 Å². The fraction of sp³-hybridized carbons (Fsp3) is 0.632. The van der Waals surface area contributed by atoms with E-state index in [1.807, 2.05) is 13.8 Å². The Morgan fingerprint density at radius 2 is 2.03 bits per heavy atom. The number of hydrogen-bond acceptors (Lipinski definition) is 5. The number of rotatable bonds is 7. The molecule has 1 saturated heterocycles. The highest BCUT2D eigenvalue weighted by Gasteiger charge is 2.23. The summed E-state index contributed by atoms with van der Waals surface area (Å²) < 4.78 is 9.94. The number of carbonyl (C=O) groups excluding carboxylic acids is 2. The van der Waals surface area contributed by atoms with E-state index in [1.165, 1.54) is 13.4 Å². The number of likely N-dealkylation sites (tertiary alicyclic amines) is 1. The number of piperidine rings is 1. The van der Waals surface area contributed by atoms with Crippen molar-refractivity contribution in [3.63, 3.8) is 0 Å². The van der Waals surface area contributed by atoms with E-state index in [4.69, 9.17) is 9.15 Å². The molecule has 0 unspecified atom stereocenters. The van der Waals surface area contributed by atoms with E-state index < -0.39 is 0 Å². The number of aryl methyl sites for hydroxylation is 1. The first-order valence-electron chi connectivity index (χ1n) is 9.75. The Balaban J connectivity index is 0.00000420. The van der Waals surface area contributed by atoms with Gasteiger partial charge < -0.3 is 30.0 Å². The van der Waals surface area contributed by atoms with Gasteiger partial charge in [0.15, 0.2) is 11.7 Å². The quantitative estimate of drug-likeness (QED) is 0.220. The van der Waals surface area contributed by atoms with Gasteiger partial charge >= 0.3 is 6.09 Å². The molecule has 2 amide bonds. The number of methoxy groups -OCH3 is 1. The average Bonchev–Trinajstić information content (AvgIpc) is 3.13. The lowest BCUT2D eigenvalue weighted by Crippen LogP contribution is -2.49. The van der Waals surface area contributed by atoms with Gasteiger partial charge in [-0.25, -0.2) is 4.79 Å². The Labute approximate surface area is 189 Å². The highest BCUT2D eigenvalue weighted by Crippen LogP contribution is 2.11. The maximum Gasteiger partial charge on any atom is 0.409 e. The monoisotopic (exact) mass is 521 g/mol. The second-order valence-electron chi connectivity index (χ2n) is 6.68. The molecule has 0 aliphatic carbocycles. The van der Waals surface area contributed by atoms with Gasteiger partial charge in [0.25, 0.3) is 5.91 Å². The molecule has 10 heteroatoms. The van der Waals surface area contributed by atoms with Crippen LogP contribution in [0.1, 0.15) is 42.3 Å². The molecule has 1 aromatic rings. The molecule has 164 valence electrons. The van der Waals surface area contributed by atoms with E-state index >= 15 is 0 Å². The van der Waals surface area contributed by atoms with Crippen LogP contribution in [-0.4, -0.2) is 68.7 Å². The highest BCUT2D eigenvalue weighted by molar-refractivity contribution is 14.0. The molecule has 2 rings (SSSR count). The van der Waals surface area contributed by atoms with Crippen molar-refractivity contribution in [2.24, 2.45) is 4.99 Å². The van der Waals surface area contributed by atoms with Gasteiger partial charge in [-0.3, -0.25) is 9.79 Å². The van der Waals surface area contributed by atoms with Gasteiger partial charge in [0.2, 0.25) is 0 Å². The van der Waals surface area contributed by atoms with Crippen LogP contribution < -0.4 is 16.0 Å². The summed E-state index contributed by atoms with van der Waals surface area (Å²) in [5.41, 5.74) is 0.826. The number of guanidine groups is 1. The number of carbonyl (C=O) groups is 2. The number of furan rings is 1. The molecule has 0 aromatic carbocycles. The zero-order valence-electron chi connectivity index (χ0n) is 17.3. The lowest BCUT2D eigenvalue weighted by Gasteiger charge is -2.32. The Morgan fingerprint density at radius 1 is 1.31 bits per heavy atom. The van der Waals surface area contributed by atoms with Gasteiger partial charge in [0, 0.05) is 44.3 Å². The summed E-state index contributed by atoms with van der Waals surface area (Å²) in [5, 5.41) is 9.50. The lowest BCUT2D eigenvalue weighted by atomic mass is 10.1. The van der Waals surface area contributed by atoms with E-state index in [0.717, 1.165) is 37.3 Å². The van der Waals surface area contributed by atoms with Crippen LogP contribution in [-0.2, 0) is 4.74 Å². The molecule has 0 radical (unpaired) electrons. The molecule has 1 aliphatic heterocycles. The standard InChI is InChI=1S/C19H31N5O4.HI/c1-4-20-18(23-15-6-11-24(12-7-15)19(26)27-3)22-10-5-9-21-17(25)16-14(2)8-13-28-16;/h8,13,15H,4-7,9-12H2,1-3H3,(H,21,25)(H2,20,22,23);1H. The minimum absolute atomic E-state index is 0. The third-order valence-corrected chi connectivity index (χ3v) is 4.57. The second-order valence-corrected chi connectivity index (χ2v) is 6.68. The third kappa shape index (κ3) is 8.11. The van der Waals surface area contributed by atoms with Gasteiger partial charge in [0.05, 0.1) is 13.4 Å². The SMILES string of the molecule is CCNC(=NCCCNC(=O)c1occc1C)NC1CCN(C(=O)OC)CC1.I. The largest absolute Gasteiger partial charge is 0.459 e. The molecule has 3 N–H and O–H groups in total. The van der Waals surface area contributed by atoms with Crippen LogP contribution in [0.15, 0.2) is 21.7 Å². The summed E-state index contributed by atoms with van der Waals surface area (Å²) in [6, 6.07) is 2.03. The number of aliphatic imine (C=N–C) groups is 1. The number of nitrogens with zero attached hydrogens (tertiary/aromatic N) is 2. The van der Waals surface area contributed by atoms with Gasteiger partial charge in [-0.15, -0.1) is 24.0 Å². The molecule has 2 heterocycles. The lowest BCUT2D eigenvalue weighted by molar-refractivity contribution is 0.0924. The fourth-order valence-corrected chi connectivity index (χ4v) is 3.01. The van der Waals surface area contributed by atoms with Crippen molar-refractivity contribution in [3.8, 4) is 0 Å². The first-order valence-corrected chi connectivity index (χ1v) is 9.75. The molecule has 0 spiro atoms. The third-order valence-electron chi connectivity index (χ3n) is 4.57. The van der Waals surface area contributed by atoms with E-state index in [1.54, 1.807) is 11.0 Å². The van der Waals surface area contributed by atoms with E-state index in [-0.39, 0.29) is 42.0 Å². The maximum atomic E-state index is 12.0. The molecular formula is C19H32IN5O4. The van der Waals surface area contributed by atoms with Crippen LogP contribution in [0.25, 0.3) is 0 Å². The molecule has 0 saturated carbocycles. The van der Waals surface area contributed by atoms with Gasteiger partial charge in [-0.1, -0.05) is 0 Å². The minimum Gasteiger partial charge on any atom is -0.459 e. The molecule has 9 nitrogen and oxygen atoms in total. The first-order chi connectivity index (χ1) is 13.5. The van der Waals surface area contributed by atoms with Crippen LogP contribution in [0, 0.1) is 6.92 Å². The van der Waals surface area contributed by atoms with Crippen molar-refractivity contribution in [2.45, 2.75) is 39.2 Å². The number of halogens is 1. The van der Waals surface area contributed by atoms with Crippen LogP contribution in [0.4, 0.5) is 4.79 Å². The second kappa shape index (κ2) is 13.3. The van der Waals surface area contributed by atoms with Crippen LogP contribution in [0.3, 0.4) is 0 Å². The van der Waals surface area contributed by atoms with Crippen molar-refractivity contribution in [1.82, 2.24) is 20.9 Å². The zero-order valence-corrected chi connectivity index (χ0v) is 19.7. The summed E-state index contributed by atoms with van der Waals surface area (Å²) in [6.07, 6.45) is 3.66. The molecule has 1 aromatic heterocycles. The molecule has 0 atom stereocenters. The summed E-state index contributed by atoms with van der Waals surface area (Å²) in [6.45, 7) is 7.08. The minimum atomic E-state index is -0.272. The maximum absolute atomic E-state index is 12.0. The number of nitrogens with one attached hydrogen (secondary N) is 3. The van der Waals surface area contributed by atoms with Crippen molar-refractivity contribution < 1.29 is 18.7 Å².